The number of nitro benzene ring substituents is 1. The van der Waals surface area contributed by atoms with E-state index in [0.29, 0.717) is 16.9 Å². The van der Waals surface area contributed by atoms with Crippen molar-refractivity contribution >= 4 is 23.6 Å². The van der Waals surface area contributed by atoms with Crippen molar-refractivity contribution in [3.63, 3.8) is 0 Å². The molecule has 2 aromatic rings. The Bertz CT molecular complexity index is 931. The molecule has 7 nitrogen and oxygen atoms in total. The molecule has 0 N–H and O–H groups in total. The molecule has 0 spiro atoms. The number of carbonyl (C=O) groups is 1. The molecule has 1 aliphatic rings. The molecule has 0 aromatic heterocycles. The van der Waals surface area contributed by atoms with Crippen molar-refractivity contribution in [3.05, 3.63) is 75.0 Å². The SMILES string of the molecule is COc1cccc(/C=C2\N=C(c3cccc([N+](=O)[O-])c3C)OC2=O)c1. The summed E-state index contributed by atoms with van der Waals surface area (Å²) < 4.78 is 10.3. The molecule has 0 amide bonds. The van der Waals surface area contributed by atoms with Gasteiger partial charge in [-0.2, -0.15) is 0 Å². The summed E-state index contributed by atoms with van der Waals surface area (Å²) in [7, 11) is 1.55. The number of rotatable bonds is 4. The maximum atomic E-state index is 12.1. The van der Waals surface area contributed by atoms with Gasteiger partial charge in [-0.15, -0.1) is 0 Å². The zero-order chi connectivity index (χ0) is 18.0. The molecule has 1 aliphatic heterocycles. The van der Waals surface area contributed by atoms with Crippen LogP contribution in [0.3, 0.4) is 0 Å². The molecular weight excluding hydrogens is 324 g/mol. The van der Waals surface area contributed by atoms with Gasteiger partial charge in [-0.1, -0.05) is 18.2 Å². The molecular formula is C18H14N2O5. The highest BCUT2D eigenvalue weighted by atomic mass is 16.6. The van der Waals surface area contributed by atoms with Gasteiger partial charge in [-0.05, 0) is 36.8 Å². The molecule has 7 heteroatoms. The van der Waals surface area contributed by atoms with Crippen LogP contribution in [-0.2, 0) is 9.53 Å². The van der Waals surface area contributed by atoms with Crippen LogP contribution in [0, 0.1) is 17.0 Å². The Labute approximate surface area is 143 Å². The molecule has 0 saturated heterocycles. The van der Waals surface area contributed by atoms with Crippen LogP contribution in [0.1, 0.15) is 16.7 Å². The number of carbonyl (C=O) groups excluding carboxylic acids is 1. The van der Waals surface area contributed by atoms with Crippen LogP contribution in [0.15, 0.2) is 53.2 Å². The van der Waals surface area contributed by atoms with Crippen LogP contribution >= 0.6 is 0 Å². The summed E-state index contributed by atoms with van der Waals surface area (Å²) in [6.45, 7) is 1.59. The Morgan fingerprint density at radius 2 is 2.00 bits per heavy atom. The zero-order valence-electron chi connectivity index (χ0n) is 13.6. The number of aliphatic imine (C=N–C) groups is 1. The maximum Gasteiger partial charge on any atom is 0.363 e. The number of methoxy groups -OCH3 is 1. The molecule has 0 saturated carbocycles. The summed E-state index contributed by atoms with van der Waals surface area (Å²) in [6.07, 6.45) is 1.57. The van der Waals surface area contributed by atoms with Gasteiger partial charge in [0.2, 0.25) is 5.90 Å². The Hall–Kier alpha value is -3.48. The van der Waals surface area contributed by atoms with E-state index in [2.05, 4.69) is 4.99 Å². The Morgan fingerprint density at radius 3 is 2.72 bits per heavy atom. The fourth-order valence-corrected chi connectivity index (χ4v) is 2.47. The number of cyclic esters (lactones) is 1. The lowest BCUT2D eigenvalue weighted by Crippen LogP contribution is -2.08. The summed E-state index contributed by atoms with van der Waals surface area (Å²) in [4.78, 5) is 26.8. The second-order valence-electron chi connectivity index (χ2n) is 5.32. The number of ether oxygens (including phenoxy) is 2. The molecule has 25 heavy (non-hydrogen) atoms. The monoisotopic (exact) mass is 338 g/mol. The lowest BCUT2D eigenvalue weighted by molar-refractivity contribution is -0.385. The second kappa shape index (κ2) is 6.56. The van der Waals surface area contributed by atoms with Gasteiger partial charge in [0.25, 0.3) is 5.69 Å². The summed E-state index contributed by atoms with van der Waals surface area (Å²) >= 11 is 0. The predicted octanol–water partition coefficient (Wildman–Crippen LogP) is 3.26. The standard InChI is InChI=1S/C18H14N2O5/c1-11-14(7-4-8-16(11)20(22)23)17-19-15(18(21)25-17)10-12-5-3-6-13(9-12)24-2/h3-10H,1-2H3/b15-10-. The minimum atomic E-state index is -0.608. The van der Waals surface area contributed by atoms with Gasteiger partial charge in [0.05, 0.1) is 12.0 Å². The summed E-state index contributed by atoms with van der Waals surface area (Å²) in [5.74, 6) is 0.100. The van der Waals surface area contributed by atoms with Crippen LogP contribution in [-0.4, -0.2) is 23.9 Å². The van der Waals surface area contributed by atoms with E-state index in [9.17, 15) is 14.9 Å². The van der Waals surface area contributed by atoms with E-state index in [4.69, 9.17) is 9.47 Å². The van der Waals surface area contributed by atoms with Crippen LogP contribution in [0.2, 0.25) is 0 Å². The molecule has 1 heterocycles. The van der Waals surface area contributed by atoms with Gasteiger partial charge >= 0.3 is 5.97 Å². The average molecular weight is 338 g/mol. The normalized spacial score (nSPS) is 15.0. The number of nitro groups is 1. The van der Waals surface area contributed by atoms with Crippen LogP contribution in [0.5, 0.6) is 5.75 Å². The molecule has 0 radical (unpaired) electrons. The highest BCUT2D eigenvalue weighted by molar-refractivity contribution is 6.13. The first kappa shape index (κ1) is 16.4. The number of hydrogen-bond donors (Lipinski definition) is 0. The summed E-state index contributed by atoms with van der Waals surface area (Å²) in [5.41, 5.74) is 1.60. The van der Waals surface area contributed by atoms with Gasteiger partial charge in [-0.25, -0.2) is 9.79 Å². The van der Waals surface area contributed by atoms with E-state index in [1.165, 1.54) is 12.1 Å². The topological polar surface area (TPSA) is 91.0 Å². The van der Waals surface area contributed by atoms with E-state index >= 15 is 0 Å². The highest BCUT2D eigenvalue weighted by Gasteiger charge is 2.27. The number of nitrogens with zero attached hydrogens (tertiary/aromatic N) is 2. The zero-order valence-corrected chi connectivity index (χ0v) is 13.6. The van der Waals surface area contributed by atoms with Crippen LogP contribution in [0.25, 0.3) is 6.08 Å². The minimum absolute atomic E-state index is 0.0542. The minimum Gasteiger partial charge on any atom is -0.497 e. The fraction of sp³-hybridized carbons (Fsp3) is 0.111. The van der Waals surface area contributed by atoms with Crippen molar-refractivity contribution in [3.8, 4) is 5.75 Å². The number of esters is 1. The molecule has 126 valence electrons. The largest absolute Gasteiger partial charge is 0.497 e. The molecule has 2 aromatic carbocycles. The van der Waals surface area contributed by atoms with Crippen molar-refractivity contribution in [2.24, 2.45) is 4.99 Å². The Morgan fingerprint density at radius 1 is 1.24 bits per heavy atom. The fourth-order valence-electron chi connectivity index (χ4n) is 2.47. The second-order valence-corrected chi connectivity index (χ2v) is 5.32. The van der Waals surface area contributed by atoms with Gasteiger partial charge in [0, 0.05) is 17.2 Å². The number of hydrogen-bond acceptors (Lipinski definition) is 6. The first-order valence-corrected chi connectivity index (χ1v) is 7.40. The van der Waals surface area contributed by atoms with Gasteiger partial charge < -0.3 is 9.47 Å². The van der Waals surface area contributed by atoms with E-state index in [-0.39, 0.29) is 17.3 Å². The smallest absolute Gasteiger partial charge is 0.363 e. The maximum absolute atomic E-state index is 12.1. The molecule has 0 unspecified atom stereocenters. The van der Waals surface area contributed by atoms with E-state index in [1.54, 1.807) is 50.4 Å². The van der Waals surface area contributed by atoms with E-state index < -0.39 is 10.9 Å². The van der Waals surface area contributed by atoms with Crippen molar-refractivity contribution < 1.29 is 19.2 Å². The van der Waals surface area contributed by atoms with Crippen LogP contribution in [0.4, 0.5) is 5.69 Å². The molecule has 0 bridgehead atoms. The molecule has 3 rings (SSSR count). The first-order valence-electron chi connectivity index (χ1n) is 7.40. The lowest BCUT2D eigenvalue weighted by atomic mass is 10.1. The quantitative estimate of drug-likeness (QED) is 0.369. The Kier molecular flexibility index (Phi) is 4.30. The van der Waals surface area contributed by atoms with E-state index in [1.807, 2.05) is 0 Å². The van der Waals surface area contributed by atoms with Crippen LogP contribution < -0.4 is 4.74 Å². The third-order valence-corrected chi connectivity index (χ3v) is 3.75. The summed E-state index contributed by atoms with van der Waals surface area (Å²) in [6, 6.07) is 11.7. The third-order valence-electron chi connectivity index (χ3n) is 3.75. The predicted molar refractivity (Wildman–Crippen MR) is 91.4 cm³/mol. The first-order chi connectivity index (χ1) is 12.0. The van der Waals surface area contributed by atoms with Gasteiger partial charge in [-0.3, -0.25) is 10.1 Å². The van der Waals surface area contributed by atoms with E-state index in [0.717, 1.165) is 5.56 Å². The molecule has 0 fully saturated rings. The van der Waals surface area contributed by atoms with Crippen molar-refractivity contribution in [2.75, 3.05) is 7.11 Å². The number of benzene rings is 2. The summed E-state index contributed by atoms with van der Waals surface area (Å²) in [5, 5.41) is 11.1. The third kappa shape index (κ3) is 3.25. The van der Waals surface area contributed by atoms with Crippen molar-refractivity contribution in [1.82, 2.24) is 0 Å². The van der Waals surface area contributed by atoms with Gasteiger partial charge in [0.1, 0.15) is 5.75 Å². The highest BCUT2D eigenvalue weighted by Crippen LogP contribution is 2.26. The lowest BCUT2D eigenvalue weighted by Gasteiger charge is -2.04. The van der Waals surface area contributed by atoms with Crippen molar-refractivity contribution in [1.29, 1.82) is 0 Å². The van der Waals surface area contributed by atoms with Gasteiger partial charge in [0.15, 0.2) is 5.70 Å². The molecule has 0 atom stereocenters. The van der Waals surface area contributed by atoms with Crippen molar-refractivity contribution in [2.45, 2.75) is 6.92 Å². The average Bonchev–Trinajstić information content (AvgIpc) is 2.95. The molecule has 0 aliphatic carbocycles. The Balaban J connectivity index is 1.99.